The fourth-order valence-corrected chi connectivity index (χ4v) is 3.26. The van der Waals surface area contributed by atoms with Crippen LogP contribution >= 0.6 is 23.6 Å². The Hall–Kier alpha value is -1.51. The molecule has 0 radical (unpaired) electrons. The van der Waals surface area contributed by atoms with Crippen LogP contribution in [0.5, 0.6) is 0 Å². The number of aromatic nitrogens is 3. The lowest BCUT2D eigenvalue weighted by Gasteiger charge is -2.31. The van der Waals surface area contributed by atoms with Crippen LogP contribution in [0, 0.1) is 4.77 Å². The molecule has 1 atom stereocenters. The minimum Gasteiger partial charge on any atom is -0.375 e. The Morgan fingerprint density at radius 1 is 1.67 bits per heavy atom. The van der Waals surface area contributed by atoms with E-state index in [0.717, 1.165) is 4.88 Å². The Balaban J connectivity index is 1.80. The molecule has 3 heterocycles. The van der Waals surface area contributed by atoms with Crippen molar-refractivity contribution < 1.29 is 9.53 Å². The summed E-state index contributed by atoms with van der Waals surface area (Å²) in [6.07, 6.45) is 0.0804. The lowest BCUT2D eigenvalue weighted by atomic mass is 10.3. The molecule has 1 saturated heterocycles. The highest BCUT2D eigenvalue weighted by Crippen LogP contribution is 2.22. The summed E-state index contributed by atoms with van der Waals surface area (Å²) in [5.41, 5.74) is 0. The van der Waals surface area contributed by atoms with Gasteiger partial charge in [0.1, 0.15) is 6.54 Å². The van der Waals surface area contributed by atoms with Gasteiger partial charge in [0, 0.05) is 13.1 Å². The van der Waals surface area contributed by atoms with Crippen molar-refractivity contribution in [2.75, 3.05) is 19.7 Å². The summed E-state index contributed by atoms with van der Waals surface area (Å²) in [4.78, 5) is 15.3. The third-order valence-corrected chi connectivity index (χ3v) is 4.56. The average Bonchev–Trinajstić information content (AvgIpc) is 3.10. The number of thiophene rings is 1. The highest BCUT2D eigenvalue weighted by atomic mass is 32.1. The summed E-state index contributed by atoms with van der Waals surface area (Å²) in [6, 6.07) is 3.92. The summed E-state index contributed by atoms with van der Waals surface area (Å²) in [5, 5.41) is 8.98. The standard InChI is InChI=1S/C13H16N4O2S2/c1-9-7-16(4-5-19-9)11(18)8-17-12(14-15-13(17)20)10-3-2-6-21-10/h2-3,6,9H,4-5,7-8H2,1H3,(H,15,20)/t9-/m1/s1. The number of amides is 1. The van der Waals surface area contributed by atoms with Crippen molar-refractivity contribution in [3.8, 4) is 10.7 Å². The first kappa shape index (κ1) is 14.4. The minimum absolute atomic E-state index is 0.0421. The van der Waals surface area contributed by atoms with Gasteiger partial charge in [-0.15, -0.1) is 11.3 Å². The average molecular weight is 324 g/mol. The molecule has 0 bridgehead atoms. The van der Waals surface area contributed by atoms with E-state index in [2.05, 4.69) is 10.2 Å². The van der Waals surface area contributed by atoms with Gasteiger partial charge >= 0.3 is 0 Å². The molecule has 1 N–H and O–H groups in total. The Morgan fingerprint density at radius 2 is 2.52 bits per heavy atom. The van der Waals surface area contributed by atoms with E-state index < -0.39 is 0 Å². The second-order valence-electron chi connectivity index (χ2n) is 4.94. The van der Waals surface area contributed by atoms with Gasteiger partial charge < -0.3 is 9.64 Å². The number of aromatic amines is 1. The molecule has 1 amide bonds. The zero-order valence-electron chi connectivity index (χ0n) is 11.6. The van der Waals surface area contributed by atoms with Crippen LogP contribution in [0.15, 0.2) is 17.5 Å². The van der Waals surface area contributed by atoms with Crippen LogP contribution in [0.25, 0.3) is 10.7 Å². The first-order valence-corrected chi connectivity index (χ1v) is 8.02. The van der Waals surface area contributed by atoms with Crippen molar-refractivity contribution in [2.24, 2.45) is 0 Å². The number of hydrogen-bond acceptors (Lipinski definition) is 5. The quantitative estimate of drug-likeness (QED) is 0.876. The van der Waals surface area contributed by atoms with Gasteiger partial charge in [0.25, 0.3) is 0 Å². The predicted molar refractivity (Wildman–Crippen MR) is 82.7 cm³/mol. The van der Waals surface area contributed by atoms with Crippen LogP contribution in [0.1, 0.15) is 6.92 Å². The molecular formula is C13H16N4O2S2. The largest absolute Gasteiger partial charge is 0.375 e. The summed E-state index contributed by atoms with van der Waals surface area (Å²) in [7, 11) is 0. The van der Waals surface area contributed by atoms with Crippen molar-refractivity contribution in [3.05, 3.63) is 22.3 Å². The molecular weight excluding hydrogens is 308 g/mol. The van der Waals surface area contributed by atoms with E-state index >= 15 is 0 Å². The van der Waals surface area contributed by atoms with Gasteiger partial charge in [-0.2, -0.15) is 5.10 Å². The van der Waals surface area contributed by atoms with Crippen molar-refractivity contribution in [1.82, 2.24) is 19.7 Å². The van der Waals surface area contributed by atoms with Crippen LogP contribution in [-0.2, 0) is 16.1 Å². The Bertz CT molecular complexity index is 677. The number of hydrogen-bond donors (Lipinski definition) is 1. The molecule has 21 heavy (non-hydrogen) atoms. The lowest BCUT2D eigenvalue weighted by molar-refractivity contribution is -0.138. The first-order valence-electron chi connectivity index (χ1n) is 6.73. The molecule has 112 valence electrons. The summed E-state index contributed by atoms with van der Waals surface area (Å²) >= 11 is 6.82. The van der Waals surface area contributed by atoms with Crippen LogP contribution in [-0.4, -0.2) is 51.4 Å². The number of rotatable bonds is 3. The van der Waals surface area contributed by atoms with Crippen molar-refractivity contribution in [3.63, 3.8) is 0 Å². The van der Waals surface area contributed by atoms with Crippen LogP contribution in [0.4, 0.5) is 0 Å². The maximum absolute atomic E-state index is 12.5. The number of ether oxygens (including phenoxy) is 1. The number of morpholine rings is 1. The second-order valence-corrected chi connectivity index (χ2v) is 6.27. The SMILES string of the molecule is C[C@@H]1CN(C(=O)Cn2c(-c3cccs3)n[nH]c2=S)CCO1. The molecule has 0 aromatic carbocycles. The van der Waals surface area contributed by atoms with Crippen LogP contribution in [0.2, 0.25) is 0 Å². The summed E-state index contributed by atoms with van der Waals surface area (Å²) < 4.78 is 7.68. The normalized spacial score (nSPS) is 18.9. The third-order valence-electron chi connectivity index (χ3n) is 3.39. The molecule has 1 fully saturated rings. The van der Waals surface area contributed by atoms with Gasteiger partial charge in [-0.05, 0) is 30.6 Å². The molecule has 0 aliphatic carbocycles. The predicted octanol–water partition coefficient (Wildman–Crippen LogP) is 1.92. The molecule has 0 saturated carbocycles. The topological polar surface area (TPSA) is 63.2 Å². The number of H-pyrrole nitrogens is 1. The molecule has 8 heteroatoms. The molecule has 1 aliphatic rings. The zero-order valence-corrected chi connectivity index (χ0v) is 13.2. The minimum atomic E-state index is 0.0421. The summed E-state index contributed by atoms with van der Waals surface area (Å²) in [6.45, 7) is 4.01. The third kappa shape index (κ3) is 3.07. The molecule has 2 aromatic rings. The van der Waals surface area contributed by atoms with E-state index in [4.69, 9.17) is 17.0 Å². The van der Waals surface area contributed by atoms with Crippen molar-refractivity contribution in [2.45, 2.75) is 19.6 Å². The number of carbonyl (C=O) groups is 1. The molecule has 3 rings (SSSR count). The van der Waals surface area contributed by atoms with Gasteiger partial charge in [-0.1, -0.05) is 6.07 Å². The lowest BCUT2D eigenvalue weighted by Crippen LogP contribution is -2.45. The monoisotopic (exact) mass is 324 g/mol. The van der Waals surface area contributed by atoms with E-state index in [1.807, 2.05) is 29.3 Å². The Kier molecular flexibility index (Phi) is 4.18. The Morgan fingerprint density at radius 3 is 3.24 bits per heavy atom. The van der Waals surface area contributed by atoms with E-state index in [-0.39, 0.29) is 18.6 Å². The van der Waals surface area contributed by atoms with Crippen molar-refractivity contribution in [1.29, 1.82) is 0 Å². The van der Waals surface area contributed by atoms with E-state index in [1.54, 1.807) is 15.9 Å². The maximum atomic E-state index is 12.5. The van der Waals surface area contributed by atoms with E-state index in [9.17, 15) is 4.79 Å². The number of nitrogens with zero attached hydrogens (tertiary/aromatic N) is 3. The van der Waals surface area contributed by atoms with Gasteiger partial charge in [-0.3, -0.25) is 14.5 Å². The fourth-order valence-electron chi connectivity index (χ4n) is 2.34. The highest BCUT2D eigenvalue weighted by Gasteiger charge is 2.23. The second kappa shape index (κ2) is 6.08. The van der Waals surface area contributed by atoms with Gasteiger partial charge in [0.05, 0.1) is 17.6 Å². The van der Waals surface area contributed by atoms with Gasteiger partial charge in [-0.25, -0.2) is 0 Å². The van der Waals surface area contributed by atoms with Crippen molar-refractivity contribution >= 4 is 29.5 Å². The van der Waals surface area contributed by atoms with E-state index in [1.165, 1.54) is 0 Å². The first-order chi connectivity index (χ1) is 10.1. The molecule has 0 unspecified atom stereocenters. The smallest absolute Gasteiger partial charge is 0.242 e. The maximum Gasteiger partial charge on any atom is 0.242 e. The molecule has 1 aliphatic heterocycles. The van der Waals surface area contributed by atoms with Crippen LogP contribution < -0.4 is 0 Å². The van der Waals surface area contributed by atoms with Gasteiger partial charge in [0.15, 0.2) is 10.6 Å². The molecule has 6 nitrogen and oxygen atoms in total. The zero-order chi connectivity index (χ0) is 14.8. The van der Waals surface area contributed by atoms with E-state index in [0.29, 0.717) is 30.3 Å². The summed E-state index contributed by atoms with van der Waals surface area (Å²) in [5.74, 6) is 0.755. The number of nitrogens with one attached hydrogen (secondary N) is 1. The molecule has 0 spiro atoms. The van der Waals surface area contributed by atoms with Crippen LogP contribution in [0.3, 0.4) is 0 Å². The highest BCUT2D eigenvalue weighted by molar-refractivity contribution is 7.71. The van der Waals surface area contributed by atoms with Gasteiger partial charge in [0.2, 0.25) is 5.91 Å². The Labute approximate surface area is 131 Å². The fraction of sp³-hybridized carbons (Fsp3) is 0.462. The molecule has 2 aromatic heterocycles. The number of carbonyl (C=O) groups excluding carboxylic acids is 1.